The van der Waals surface area contributed by atoms with Crippen molar-refractivity contribution in [2.24, 2.45) is 11.8 Å². The highest BCUT2D eigenvalue weighted by Gasteiger charge is 2.22. The van der Waals surface area contributed by atoms with Gasteiger partial charge < -0.3 is 0 Å². The van der Waals surface area contributed by atoms with E-state index in [-0.39, 0.29) is 5.82 Å². The van der Waals surface area contributed by atoms with Crippen molar-refractivity contribution in [3.05, 3.63) is 34.1 Å². The van der Waals surface area contributed by atoms with Crippen molar-refractivity contribution in [2.75, 3.05) is 13.1 Å². The highest BCUT2D eigenvalue weighted by Crippen LogP contribution is 2.27. The van der Waals surface area contributed by atoms with Crippen LogP contribution < -0.4 is 0 Å². The summed E-state index contributed by atoms with van der Waals surface area (Å²) < 4.78 is 14.1. The number of rotatable bonds is 3. The standard InChI is InChI=1S/C15H21BrFN/c1-11(2)12-6-8-18(9-7-12)10-13-4-3-5-14(17)15(13)16/h3-5,11-12H,6-10H2,1-2H3. The van der Waals surface area contributed by atoms with E-state index in [9.17, 15) is 4.39 Å². The third-order valence-corrected chi connectivity index (χ3v) is 4.89. The Hall–Kier alpha value is -0.410. The first-order valence-corrected chi connectivity index (χ1v) is 7.52. The first-order chi connectivity index (χ1) is 8.58. The van der Waals surface area contributed by atoms with E-state index in [1.165, 1.54) is 18.9 Å². The molecule has 2 rings (SSSR count). The lowest BCUT2D eigenvalue weighted by Gasteiger charge is -2.34. The maximum Gasteiger partial charge on any atom is 0.137 e. The summed E-state index contributed by atoms with van der Waals surface area (Å²) in [6.45, 7) is 7.73. The Kier molecular flexibility index (Phi) is 4.79. The number of hydrogen-bond acceptors (Lipinski definition) is 1. The molecule has 1 nitrogen and oxygen atoms in total. The maximum absolute atomic E-state index is 13.4. The van der Waals surface area contributed by atoms with E-state index in [0.717, 1.165) is 37.0 Å². The molecule has 0 saturated carbocycles. The van der Waals surface area contributed by atoms with Crippen molar-refractivity contribution in [1.29, 1.82) is 0 Å². The second-order valence-electron chi connectivity index (χ2n) is 5.57. The normalized spacial score (nSPS) is 18.5. The zero-order chi connectivity index (χ0) is 13.1. The molecule has 100 valence electrons. The first-order valence-electron chi connectivity index (χ1n) is 6.73. The molecule has 1 aromatic carbocycles. The Labute approximate surface area is 118 Å². The lowest BCUT2D eigenvalue weighted by molar-refractivity contribution is 0.151. The van der Waals surface area contributed by atoms with Gasteiger partial charge >= 0.3 is 0 Å². The van der Waals surface area contributed by atoms with Crippen LogP contribution in [0.2, 0.25) is 0 Å². The Morgan fingerprint density at radius 1 is 1.33 bits per heavy atom. The van der Waals surface area contributed by atoms with Crippen molar-refractivity contribution < 1.29 is 4.39 Å². The summed E-state index contributed by atoms with van der Waals surface area (Å²) in [6, 6.07) is 5.29. The highest BCUT2D eigenvalue weighted by atomic mass is 79.9. The van der Waals surface area contributed by atoms with Crippen LogP contribution in [0.25, 0.3) is 0 Å². The number of halogens is 2. The molecule has 0 N–H and O–H groups in total. The Bertz CT molecular complexity index is 397. The minimum atomic E-state index is -0.162. The van der Waals surface area contributed by atoms with Crippen LogP contribution in [0.1, 0.15) is 32.3 Å². The molecule has 0 spiro atoms. The lowest BCUT2D eigenvalue weighted by atomic mass is 9.86. The molecule has 0 bridgehead atoms. The molecule has 1 aliphatic heterocycles. The average molecular weight is 314 g/mol. The third-order valence-electron chi connectivity index (χ3n) is 4.00. The lowest BCUT2D eigenvalue weighted by Crippen LogP contribution is -2.34. The van der Waals surface area contributed by atoms with Gasteiger partial charge in [-0.2, -0.15) is 0 Å². The van der Waals surface area contributed by atoms with E-state index in [4.69, 9.17) is 0 Å². The summed E-state index contributed by atoms with van der Waals surface area (Å²) in [6.07, 6.45) is 2.54. The van der Waals surface area contributed by atoms with Gasteiger partial charge in [-0.15, -0.1) is 0 Å². The molecule has 3 heteroatoms. The van der Waals surface area contributed by atoms with E-state index in [2.05, 4.69) is 34.7 Å². The monoisotopic (exact) mass is 313 g/mol. The second-order valence-corrected chi connectivity index (χ2v) is 6.36. The minimum Gasteiger partial charge on any atom is -0.299 e. The van der Waals surface area contributed by atoms with Crippen LogP contribution in [-0.4, -0.2) is 18.0 Å². The average Bonchev–Trinajstić information content (AvgIpc) is 2.36. The van der Waals surface area contributed by atoms with Crippen LogP contribution in [-0.2, 0) is 6.54 Å². The van der Waals surface area contributed by atoms with Crippen LogP contribution in [0.3, 0.4) is 0 Å². The highest BCUT2D eigenvalue weighted by molar-refractivity contribution is 9.10. The van der Waals surface area contributed by atoms with Gasteiger partial charge in [-0.05, 0) is 65.3 Å². The molecule has 0 atom stereocenters. The second kappa shape index (κ2) is 6.16. The molecule has 1 heterocycles. The summed E-state index contributed by atoms with van der Waals surface area (Å²) in [5.74, 6) is 1.48. The molecular weight excluding hydrogens is 293 g/mol. The SMILES string of the molecule is CC(C)C1CCN(Cc2cccc(F)c2Br)CC1. The predicted octanol–water partition coefficient (Wildman–Crippen LogP) is 4.46. The molecule has 1 saturated heterocycles. The first kappa shape index (κ1) is 14.0. The van der Waals surface area contributed by atoms with Gasteiger partial charge in [0.1, 0.15) is 5.82 Å². The third kappa shape index (κ3) is 3.33. The van der Waals surface area contributed by atoms with Crippen molar-refractivity contribution in [2.45, 2.75) is 33.2 Å². The van der Waals surface area contributed by atoms with Gasteiger partial charge in [-0.25, -0.2) is 4.39 Å². The van der Waals surface area contributed by atoms with Gasteiger partial charge in [0.2, 0.25) is 0 Å². The van der Waals surface area contributed by atoms with E-state index in [1.807, 2.05) is 6.07 Å². The van der Waals surface area contributed by atoms with Gasteiger partial charge in [-0.3, -0.25) is 4.90 Å². The molecular formula is C15H21BrFN. The molecule has 0 radical (unpaired) electrons. The molecule has 1 aromatic rings. The quantitative estimate of drug-likeness (QED) is 0.796. The van der Waals surface area contributed by atoms with E-state index < -0.39 is 0 Å². The molecule has 0 aromatic heterocycles. The van der Waals surface area contributed by atoms with Crippen LogP contribution in [0.5, 0.6) is 0 Å². The van der Waals surface area contributed by atoms with E-state index >= 15 is 0 Å². The molecule has 0 unspecified atom stereocenters. The van der Waals surface area contributed by atoms with Crippen molar-refractivity contribution in [1.82, 2.24) is 4.90 Å². The maximum atomic E-state index is 13.4. The van der Waals surface area contributed by atoms with Gasteiger partial charge in [0.25, 0.3) is 0 Å². The van der Waals surface area contributed by atoms with E-state index in [1.54, 1.807) is 6.07 Å². The van der Waals surface area contributed by atoms with Crippen molar-refractivity contribution >= 4 is 15.9 Å². The van der Waals surface area contributed by atoms with Gasteiger partial charge in [-0.1, -0.05) is 26.0 Å². The molecule has 1 fully saturated rings. The largest absolute Gasteiger partial charge is 0.299 e. The summed E-state index contributed by atoms with van der Waals surface area (Å²) in [5.41, 5.74) is 1.05. The van der Waals surface area contributed by atoms with Gasteiger partial charge in [0.15, 0.2) is 0 Å². The smallest absolute Gasteiger partial charge is 0.137 e. The zero-order valence-corrected chi connectivity index (χ0v) is 12.7. The van der Waals surface area contributed by atoms with Gasteiger partial charge in [0.05, 0.1) is 4.47 Å². The van der Waals surface area contributed by atoms with Gasteiger partial charge in [0, 0.05) is 6.54 Å². The topological polar surface area (TPSA) is 3.24 Å². The minimum absolute atomic E-state index is 0.162. The summed E-state index contributed by atoms with van der Waals surface area (Å²) in [4.78, 5) is 2.43. The van der Waals surface area contributed by atoms with Crippen molar-refractivity contribution in [3.8, 4) is 0 Å². The molecule has 0 aliphatic carbocycles. The fourth-order valence-corrected chi connectivity index (χ4v) is 3.08. The van der Waals surface area contributed by atoms with Crippen LogP contribution >= 0.6 is 15.9 Å². The Balaban J connectivity index is 1.94. The predicted molar refractivity (Wildman–Crippen MR) is 76.9 cm³/mol. The number of likely N-dealkylation sites (tertiary alicyclic amines) is 1. The number of benzene rings is 1. The van der Waals surface area contributed by atoms with Crippen LogP contribution in [0, 0.1) is 17.7 Å². The number of hydrogen-bond donors (Lipinski definition) is 0. The van der Waals surface area contributed by atoms with Crippen LogP contribution in [0.4, 0.5) is 4.39 Å². The van der Waals surface area contributed by atoms with E-state index in [0.29, 0.717) is 4.47 Å². The fraction of sp³-hybridized carbons (Fsp3) is 0.600. The zero-order valence-electron chi connectivity index (χ0n) is 11.1. The molecule has 0 amide bonds. The molecule has 18 heavy (non-hydrogen) atoms. The number of piperidine rings is 1. The van der Waals surface area contributed by atoms with Crippen molar-refractivity contribution in [3.63, 3.8) is 0 Å². The summed E-state index contributed by atoms with van der Waals surface area (Å²) in [5, 5.41) is 0. The van der Waals surface area contributed by atoms with Crippen LogP contribution in [0.15, 0.2) is 22.7 Å². The Morgan fingerprint density at radius 3 is 2.61 bits per heavy atom. The fourth-order valence-electron chi connectivity index (χ4n) is 2.69. The summed E-state index contributed by atoms with van der Waals surface area (Å²) in [7, 11) is 0. The Morgan fingerprint density at radius 2 is 2.00 bits per heavy atom. The number of nitrogens with zero attached hydrogens (tertiary/aromatic N) is 1. The summed E-state index contributed by atoms with van der Waals surface area (Å²) >= 11 is 3.34. The molecule has 1 aliphatic rings.